The number of rotatable bonds is 6. The van der Waals surface area contributed by atoms with Crippen molar-refractivity contribution in [3.63, 3.8) is 0 Å². The molecule has 0 saturated carbocycles. The van der Waals surface area contributed by atoms with Gasteiger partial charge in [-0.2, -0.15) is 0 Å². The summed E-state index contributed by atoms with van der Waals surface area (Å²) in [6.07, 6.45) is 0. The van der Waals surface area contributed by atoms with Crippen LogP contribution in [-0.2, 0) is 4.79 Å². The molecule has 0 unspecified atom stereocenters. The van der Waals surface area contributed by atoms with Gasteiger partial charge >= 0.3 is 12.0 Å². The number of ether oxygens (including phenoxy) is 1. The molecule has 1 aromatic carbocycles. The predicted molar refractivity (Wildman–Crippen MR) is 70.2 cm³/mol. The third-order valence-electron chi connectivity index (χ3n) is 2.36. The topological polar surface area (TPSA) is 87.7 Å². The molecule has 0 aliphatic carbocycles. The Hall–Kier alpha value is -2.24. The Kier molecular flexibility index (Phi) is 5.17. The lowest BCUT2D eigenvalue weighted by Gasteiger charge is -2.21. The Morgan fingerprint density at radius 3 is 2.47 bits per heavy atom. The minimum Gasteiger partial charge on any atom is -0.492 e. The molecule has 1 aromatic rings. The first-order chi connectivity index (χ1) is 8.92. The second-order valence-corrected chi connectivity index (χ2v) is 4.47. The van der Waals surface area contributed by atoms with Crippen molar-refractivity contribution in [1.82, 2.24) is 10.6 Å². The number of para-hydroxylation sites is 1. The van der Waals surface area contributed by atoms with Gasteiger partial charge in [-0.3, -0.25) is 0 Å². The number of nitrogens with one attached hydrogen (secondary N) is 2. The van der Waals surface area contributed by atoms with Crippen molar-refractivity contribution in [2.45, 2.75) is 19.4 Å². The largest absolute Gasteiger partial charge is 0.492 e. The van der Waals surface area contributed by atoms with Crippen LogP contribution in [0.3, 0.4) is 0 Å². The quantitative estimate of drug-likeness (QED) is 0.676. The Labute approximate surface area is 111 Å². The van der Waals surface area contributed by atoms with E-state index in [1.165, 1.54) is 13.8 Å². The lowest BCUT2D eigenvalue weighted by atomic mass is 10.1. The molecule has 19 heavy (non-hydrogen) atoms. The van der Waals surface area contributed by atoms with E-state index in [1.54, 1.807) is 0 Å². The molecule has 6 heteroatoms. The van der Waals surface area contributed by atoms with Crippen LogP contribution in [0.1, 0.15) is 13.8 Å². The number of carboxylic acid groups (broad SMARTS) is 1. The van der Waals surface area contributed by atoms with Gasteiger partial charge in [0.2, 0.25) is 0 Å². The maximum absolute atomic E-state index is 11.4. The molecule has 2 amide bonds. The van der Waals surface area contributed by atoms with Gasteiger partial charge < -0.3 is 20.5 Å². The van der Waals surface area contributed by atoms with Crippen molar-refractivity contribution >= 4 is 12.0 Å². The Morgan fingerprint density at radius 1 is 1.26 bits per heavy atom. The van der Waals surface area contributed by atoms with Gasteiger partial charge in [-0.05, 0) is 26.0 Å². The molecule has 0 fully saturated rings. The highest BCUT2D eigenvalue weighted by molar-refractivity contribution is 5.85. The number of amides is 2. The first-order valence-electron chi connectivity index (χ1n) is 5.89. The van der Waals surface area contributed by atoms with Gasteiger partial charge in [-0.15, -0.1) is 0 Å². The van der Waals surface area contributed by atoms with Crippen molar-refractivity contribution in [2.24, 2.45) is 0 Å². The molecule has 104 valence electrons. The summed E-state index contributed by atoms with van der Waals surface area (Å²) in [5, 5.41) is 13.7. The number of hydrogen-bond donors (Lipinski definition) is 3. The SMILES string of the molecule is CC(C)(NC(=O)NCCOc1ccccc1)C(=O)O. The second kappa shape index (κ2) is 6.63. The molecular weight excluding hydrogens is 248 g/mol. The van der Waals surface area contributed by atoms with Crippen LogP contribution in [0.2, 0.25) is 0 Å². The molecule has 0 heterocycles. The minimum atomic E-state index is -1.30. The monoisotopic (exact) mass is 266 g/mol. The predicted octanol–water partition coefficient (Wildman–Crippen LogP) is 1.23. The van der Waals surface area contributed by atoms with Crippen molar-refractivity contribution in [2.75, 3.05) is 13.2 Å². The van der Waals surface area contributed by atoms with Gasteiger partial charge in [-0.1, -0.05) is 18.2 Å². The molecule has 1 rings (SSSR count). The smallest absolute Gasteiger partial charge is 0.328 e. The Balaban J connectivity index is 2.23. The molecule has 3 N–H and O–H groups in total. The van der Waals surface area contributed by atoms with Crippen LogP contribution in [0.5, 0.6) is 5.75 Å². The minimum absolute atomic E-state index is 0.288. The van der Waals surface area contributed by atoms with Crippen LogP contribution in [-0.4, -0.2) is 35.8 Å². The zero-order valence-electron chi connectivity index (χ0n) is 11.0. The molecule has 0 aliphatic rings. The number of aliphatic carboxylic acids is 1. The lowest BCUT2D eigenvalue weighted by Crippen LogP contribution is -2.53. The summed E-state index contributed by atoms with van der Waals surface area (Å²) in [4.78, 5) is 22.2. The molecular formula is C13H18N2O4. The molecule has 0 saturated heterocycles. The Bertz CT molecular complexity index is 432. The highest BCUT2D eigenvalue weighted by Gasteiger charge is 2.28. The number of urea groups is 1. The van der Waals surface area contributed by atoms with Crippen molar-refractivity contribution in [3.05, 3.63) is 30.3 Å². The van der Waals surface area contributed by atoms with Crippen LogP contribution in [0.4, 0.5) is 4.79 Å². The maximum atomic E-state index is 11.4. The van der Waals surface area contributed by atoms with E-state index in [0.29, 0.717) is 6.61 Å². The van der Waals surface area contributed by atoms with Gasteiger partial charge in [0.25, 0.3) is 0 Å². The van der Waals surface area contributed by atoms with Crippen molar-refractivity contribution in [3.8, 4) is 5.75 Å². The average Bonchev–Trinajstić information content (AvgIpc) is 2.35. The van der Waals surface area contributed by atoms with E-state index in [2.05, 4.69) is 10.6 Å². The van der Waals surface area contributed by atoms with Crippen LogP contribution in [0.15, 0.2) is 30.3 Å². The van der Waals surface area contributed by atoms with Crippen LogP contribution < -0.4 is 15.4 Å². The summed E-state index contributed by atoms with van der Waals surface area (Å²) >= 11 is 0. The summed E-state index contributed by atoms with van der Waals surface area (Å²) in [5.41, 5.74) is -1.30. The highest BCUT2D eigenvalue weighted by atomic mass is 16.5. The van der Waals surface area contributed by atoms with Gasteiger partial charge in [0.05, 0.1) is 6.54 Å². The summed E-state index contributed by atoms with van der Waals surface area (Å²) in [7, 11) is 0. The van der Waals surface area contributed by atoms with Crippen molar-refractivity contribution in [1.29, 1.82) is 0 Å². The van der Waals surface area contributed by atoms with E-state index >= 15 is 0 Å². The van der Waals surface area contributed by atoms with E-state index in [1.807, 2.05) is 30.3 Å². The van der Waals surface area contributed by atoms with Crippen LogP contribution in [0, 0.1) is 0 Å². The van der Waals surface area contributed by atoms with E-state index in [0.717, 1.165) is 5.75 Å². The fraction of sp³-hybridized carbons (Fsp3) is 0.385. The van der Waals surface area contributed by atoms with Gasteiger partial charge in [-0.25, -0.2) is 9.59 Å². The maximum Gasteiger partial charge on any atom is 0.328 e. The van der Waals surface area contributed by atoms with Crippen LogP contribution in [0.25, 0.3) is 0 Å². The molecule has 0 atom stereocenters. The fourth-order valence-electron chi connectivity index (χ4n) is 1.23. The molecule has 0 spiro atoms. The third-order valence-corrected chi connectivity index (χ3v) is 2.36. The first kappa shape index (κ1) is 14.8. The van der Waals surface area contributed by atoms with E-state index in [-0.39, 0.29) is 6.54 Å². The number of carbonyl (C=O) groups is 2. The van der Waals surface area contributed by atoms with Gasteiger partial charge in [0.1, 0.15) is 17.9 Å². The standard InChI is InChI=1S/C13H18N2O4/c1-13(2,11(16)17)15-12(18)14-8-9-19-10-6-4-3-5-7-10/h3-7H,8-9H2,1-2H3,(H,16,17)(H2,14,15,18). The van der Waals surface area contributed by atoms with Crippen LogP contribution >= 0.6 is 0 Å². The van der Waals surface area contributed by atoms with E-state index in [9.17, 15) is 9.59 Å². The fourth-order valence-corrected chi connectivity index (χ4v) is 1.23. The normalized spacial score (nSPS) is 10.6. The van der Waals surface area contributed by atoms with E-state index in [4.69, 9.17) is 9.84 Å². The second-order valence-electron chi connectivity index (χ2n) is 4.47. The lowest BCUT2D eigenvalue weighted by molar-refractivity contribution is -0.142. The number of hydrogen-bond acceptors (Lipinski definition) is 3. The molecule has 0 aliphatic heterocycles. The summed E-state index contributed by atoms with van der Waals surface area (Å²) in [5.74, 6) is -0.376. The summed E-state index contributed by atoms with van der Waals surface area (Å²) in [6.45, 7) is 3.42. The molecule has 6 nitrogen and oxygen atoms in total. The van der Waals surface area contributed by atoms with E-state index < -0.39 is 17.5 Å². The number of carboxylic acids is 1. The molecule has 0 bridgehead atoms. The zero-order chi connectivity index (χ0) is 14.3. The van der Waals surface area contributed by atoms with Gasteiger partial charge in [0, 0.05) is 0 Å². The Morgan fingerprint density at radius 2 is 1.89 bits per heavy atom. The van der Waals surface area contributed by atoms with Gasteiger partial charge in [0.15, 0.2) is 0 Å². The zero-order valence-corrected chi connectivity index (χ0v) is 11.0. The molecule has 0 aromatic heterocycles. The molecule has 0 radical (unpaired) electrons. The third kappa shape index (κ3) is 5.29. The number of benzene rings is 1. The average molecular weight is 266 g/mol. The number of carbonyl (C=O) groups excluding carboxylic acids is 1. The summed E-state index contributed by atoms with van der Waals surface area (Å²) < 4.78 is 5.38. The highest BCUT2D eigenvalue weighted by Crippen LogP contribution is 2.07. The first-order valence-corrected chi connectivity index (χ1v) is 5.89. The summed E-state index contributed by atoms with van der Waals surface area (Å²) in [6, 6.07) is 8.67. The van der Waals surface area contributed by atoms with Crippen molar-refractivity contribution < 1.29 is 19.4 Å².